The van der Waals surface area contributed by atoms with Gasteiger partial charge in [-0.1, -0.05) is 55.9 Å². The van der Waals surface area contributed by atoms with Gasteiger partial charge in [-0.3, -0.25) is 14.3 Å². The van der Waals surface area contributed by atoms with Crippen LogP contribution in [0.2, 0.25) is 0 Å². The summed E-state index contributed by atoms with van der Waals surface area (Å²) in [5.74, 6) is 0. The van der Waals surface area contributed by atoms with Crippen molar-refractivity contribution in [3.05, 3.63) is 56.7 Å². The van der Waals surface area contributed by atoms with E-state index < -0.39 is 5.69 Å². The van der Waals surface area contributed by atoms with Gasteiger partial charge in [-0.15, -0.1) is 0 Å². The van der Waals surface area contributed by atoms with E-state index >= 15 is 0 Å². The highest BCUT2D eigenvalue weighted by atomic mass is 32.2. The van der Waals surface area contributed by atoms with Crippen molar-refractivity contribution < 1.29 is 0 Å². The topological polar surface area (TPSA) is 72.7 Å². The van der Waals surface area contributed by atoms with E-state index in [4.69, 9.17) is 0 Å². The molecule has 2 aromatic heterocycles. The first-order valence-electron chi connectivity index (χ1n) is 8.91. The summed E-state index contributed by atoms with van der Waals surface area (Å²) in [7, 11) is 1.64. The van der Waals surface area contributed by atoms with Crippen molar-refractivity contribution in [2.75, 3.05) is 0 Å². The highest BCUT2D eigenvalue weighted by molar-refractivity contribution is 7.99. The van der Waals surface area contributed by atoms with Crippen LogP contribution in [-0.2, 0) is 20.0 Å². The highest BCUT2D eigenvalue weighted by Gasteiger charge is 2.18. The predicted octanol–water partition coefficient (Wildman–Crippen LogP) is 2.95. The number of hydrogen-bond acceptors (Lipinski definition) is 4. The van der Waals surface area contributed by atoms with E-state index in [1.807, 2.05) is 22.8 Å². The molecule has 3 aromatic rings. The number of benzene rings is 1. The van der Waals surface area contributed by atoms with Crippen molar-refractivity contribution >= 4 is 22.9 Å². The van der Waals surface area contributed by atoms with Gasteiger partial charge in [0.05, 0.1) is 0 Å². The van der Waals surface area contributed by atoms with Crippen LogP contribution in [0.1, 0.15) is 32.3 Å². The molecule has 0 aliphatic heterocycles. The predicted molar refractivity (Wildman–Crippen MR) is 106 cm³/mol. The van der Waals surface area contributed by atoms with E-state index in [1.54, 1.807) is 18.8 Å². The smallest absolute Gasteiger partial charge is 0.313 e. The van der Waals surface area contributed by atoms with Crippen LogP contribution in [-0.4, -0.2) is 24.4 Å². The summed E-state index contributed by atoms with van der Waals surface area (Å²) in [6.45, 7) is 4.95. The number of aromatic nitrogens is 4. The molecule has 6 nitrogen and oxygen atoms in total. The van der Waals surface area contributed by atoms with E-state index in [1.165, 1.54) is 10.1 Å². The summed E-state index contributed by atoms with van der Waals surface area (Å²) in [5, 5.41) is 1.19. The van der Waals surface area contributed by atoms with Gasteiger partial charge in [-0.25, -0.2) is 9.78 Å². The third-order valence-corrected chi connectivity index (χ3v) is 5.80. The summed E-state index contributed by atoms with van der Waals surface area (Å²) in [6.07, 6.45) is 2.83. The molecular formula is C19H24N4O2S. The van der Waals surface area contributed by atoms with Crippen LogP contribution in [0.3, 0.4) is 0 Å². The SMILES string of the molecule is CCC(C)Sc1nc2c(c(=O)[nH]c(=O)n2C)n1CCCc1ccccc1. The zero-order chi connectivity index (χ0) is 18.7. The molecule has 26 heavy (non-hydrogen) atoms. The largest absolute Gasteiger partial charge is 0.329 e. The molecule has 0 aliphatic carbocycles. The lowest BCUT2D eigenvalue weighted by Crippen LogP contribution is -2.29. The first-order valence-corrected chi connectivity index (χ1v) is 9.79. The lowest BCUT2D eigenvalue weighted by Gasteiger charge is -2.11. The second-order valence-electron chi connectivity index (χ2n) is 6.46. The standard InChI is InChI=1S/C19H24N4O2S/c1-4-13(2)26-19-20-16-15(17(24)21-18(25)22(16)3)23(19)12-8-11-14-9-6-5-7-10-14/h5-7,9-10,13H,4,8,11-12H2,1-3H3,(H,21,24,25). The normalized spacial score (nSPS) is 12.6. The zero-order valence-electron chi connectivity index (χ0n) is 15.4. The molecular weight excluding hydrogens is 348 g/mol. The fourth-order valence-electron chi connectivity index (χ4n) is 2.86. The minimum absolute atomic E-state index is 0.369. The number of H-pyrrole nitrogens is 1. The summed E-state index contributed by atoms with van der Waals surface area (Å²) in [6, 6.07) is 10.3. The maximum absolute atomic E-state index is 12.4. The van der Waals surface area contributed by atoms with Crippen LogP contribution >= 0.6 is 11.8 Å². The zero-order valence-corrected chi connectivity index (χ0v) is 16.2. The van der Waals surface area contributed by atoms with Crippen LogP contribution in [0.25, 0.3) is 11.2 Å². The van der Waals surface area contributed by atoms with Crippen LogP contribution in [0, 0.1) is 0 Å². The lowest BCUT2D eigenvalue weighted by molar-refractivity contribution is 0.607. The van der Waals surface area contributed by atoms with Crippen molar-refractivity contribution in [2.24, 2.45) is 7.05 Å². The molecule has 3 rings (SSSR count). The second kappa shape index (κ2) is 7.95. The molecule has 7 heteroatoms. The molecule has 1 aromatic carbocycles. The molecule has 0 bridgehead atoms. The van der Waals surface area contributed by atoms with Crippen molar-refractivity contribution in [3.8, 4) is 0 Å². The van der Waals surface area contributed by atoms with Gasteiger partial charge in [-0.2, -0.15) is 0 Å². The van der Waals surface area contributed by atoms with E-state index in [-0.39, 0.29) is 5.56 Å². The lowest BCUT2D eigenvalue weighted by atomic mass is 10.1. The summed E-state index contributed by atoms with van der Waals surface area (Å²) in [5.41, 5.74) is 1.40. The van der Waals surface area contributed by atoms with Crippen molar-refractivity contribution in [2.45, 2.75) is 50.1 Å². The van der Waals surface area contributed by atoms with E-state index in [2.05, 4.69) is 35.9 Å². The molecule has 1 atom stereocenters. The molecule has 1 N–H and O–H groups in total. The molecule has 138 valence electrons. The average Bonchev–Trinajstić information content (AvgIpc) is 2.99. The Bertz CT molecular complexity index is 1000. The van der Waals surface area contributed by atoms with E-state index in [9.17, 15) is 9.59 Å². The van der Waals surface area contributed by atoms with Gasteiger partial charge >= 0.3 is 5.69 Å². The Morgan fingerprint density at radius 2 is 1.96 bits per heavy atom. The number of aromatic amines is 1. The molecule has 0 aliphatic rings. The van der Waals surface area contributed by atoms with Gasteiger partial charge in [0, 0.05) is 18.8 Å². The Morgan fingerprint density at radius 3 is 2.65 bits per heavy atom. The van der Waals surface area contributed by atoms with Crippen molar-refractivity contribution in [1.29, 1.82) is 0 Å². The fraction of sp³-hybridized carbons (Fsp3) is 0.421. The van der Waals surface area contributed by atoms with Crippen molar-refractivity contribution in [3.63, 3.8) is 0 Å². The Morgan fingerprint density at radius 1 is 1.23 bits per heavy atom. The monoisotopic (exact) mass is 372 g/mol. The van der Waals surface area contributed by atoms with Gasteiger partial charge in [0.2, 0.25) is 0 Å². The quantitative estimate of drug-likeness (QED) is 0.647. The average molecular weight is 372 g/mol. The van der Waals surface area contributed by atoms with Gasteiger partial charge < -0.3 is 4.57 Å². The third-order valence-electron chi connectivity index (χ3n) is 4.54. The Kier molecular flexibility index (Phi) is 5.66. The van der Waals surface area contributed by atoms with Crippen LogP contribution in [0.15, 0.2) is 45.1 Å². The van der Waals surface area contributed by atoms with Crippen molar-refractivity contribution in [1.82, 2.24) is 19.1 Å². The summed E-state index contributed by atoms with van der Waals surface area (Å²) in [4.78, 5) is 31.3. The Labute approximate surface area is 156 Å². The minimum atomic E-state index is -0.434. The Balaban J connectivity index is 1.97. The number of rotatable bonds is 7. The van der Waals surface area contributed by atoms with Gasteiger partial charge in [0.15, 0.2) is 16.3 Å². The molecule has 1 unspecified atom stereocenters. The molecule has 0 fully saturated rings. The molecule has 0 amide bonds. The number of fused-ring (bicyclic) bond motifs is 1. The van der Waals surface area contributed by atoms with Gasteiger partial charge in [-0.05, 0) is 24.8 Å². The van der Waals surface area contributed by atoms with Crippen LogP contribution < -0.4 is 11.2 Å². The first kappa shape index (κ1) is 18.5. The van der Waals surface area contributed by atoms with Crippen LogP contribution in [0.4, 0.5) is 0 Å². The van der Waals surface area contributed by atoms with Gasteiger partial charge in [0.1, 0.15) is 0 Å². The van der Waals surface area contributed by atoms with E-state index in [0.29, 0.717) is 23.0 Å². The minimum Gasteiger partial charge on any atom is -0.313 e. The molecule has 0 spiro atoms. The number of hydrogen-bond donors (Lipinski definition) is 1. The highest BCUT2D eigenvalue weighted by Crippen LogP contribution is 2.27. The summed E-state index contributed by atoms with van der Waals surface area (Å²) < 4.78 is 3.37. The van der Waals surface area contributed by atoms with E-state index in [0.717, 1.165) is 24.4 Å². The number of aryl methyl sites for hydroxylation is 3. The number of nitrogens with one attached hydrogen (secondary N) is 1. The maximum Gasteiger partial charge on any atom is 0.329 e. The summed E-state index contributed by atoms with van der Waals surface area (Å²) >= 11 is 1.65. The van der Waals surface area contributed by atoms with Gasteiger partial charge in [0.25, 0.3) is 5.56 Å². The fourth-order valence-corrected chi connectivity index (χ4v) is 3.84. The second-order valence-corrected chi connectivity index (χ2v) is 7.87. The number of nitrogens with zero attached hydrogens (tertiary/aromatic N) is 3. The number of thioether (sulfide) groups is 1. The maximum atomic E-state index is 12.4. The molecule has 0 radical (unpaired) electrons. The molecule has 0 saturated carbocycles. The number of imidazole rings is 1. The molecule has 0 saturated heterocycles. The molecule has 2 heterocycles. The van der Waals surface area contributed by atoms with Crippen LogP contribution in [0.5, 0.6) is 0 Å². The first-order chi connectivity index (χ1) is 12.5. The Hall–Kier alpha value is -2.28. The third kappa shape index (κ3) is 3.77.